The number of nitrogens with zero attached hydrogens (tertiary/aromatic N) is 1. The fourth-order valence-electron chi connectivity index (χ4n) is 1.83. The van der Waals surface area contributed by atoms with Gasteiger partial charge in [-0.3, -0.25) is 9.59 Å². The van der Waals surface area contributed by atoms with E-state index in [0.29, 0.717) is 37.7 Å². The standard InChI is InChI=1S/C15H23N3O4/c1-11-4-5-13(12(16)10-11)17-14(19)15(20)18(6-8-21-2)7-9-22-3/h4-5,10H,6-9,16H2,1-3H3,(H,17,19). The lowest BCUT2D eigenvalue weighted by Crippen LogP contribution is -2.43. The molecule has 0 unspecified atom stereocenters. The molecular formula is C15H23N3O4. The summed E-state index contributed by atoms with van der Waals surface area (Å²) in [5, 5.41) is 2.53. The second-order valence-electron chi connectivity index (χ2n) is 4.82. The second kappa shape index (κ2) is 9.01. The van der Waals surface area contributed by atoms with Gasteiger partial charge < -0.3 is 25.4 Å². The van der Waals surface area contributed by atoms with E-state index in [1.807, 2.05) is 13.0 Å². The van der Waals surface area contributed by atoms with E-state index in [0.717, 1.165) is 5.56 Å². The number of aryl methyl sites for hydroxylation is 1. The number of nitrogen functional groups attached to an aromatic ring is 1. The Bertz CT molecular complexity index is 512. The highest BCUT2D eigenvalue weighted by molar-refractivity contribution is 6.39. The topological polar surface area (TPSA) is 93.9 Å². The molecule has 7 nitrogen and oxygen atoms in total. The van der Waals surface area contributed by atoms with Crippen molar-refractivity contribution in [3.63, 3.8) is 0 Å². The van der Waals surface area contributed by atoms with Crippen molar-refractivity contribution in [2.45, 2.75) is 6.92 Å². The van der Waals surface area contributed by atoms with Gasteiger partial charge in [0.15, 0.2) is 0 Å². The van der Waals surface area contributed by atoms with Gasteiger partial charge in [0.25, 0.3) is 0 Å². The molecule has 0 radical (unpaired) electrons. The maximum atomic E-state index is 12.2. The minimum absolute atomic E-state index is 0.315. The van der Waals surface area contributed by atoms with E-state index in [1.165, 1.54) is 19.1 Å². The lowest BCUT2D eigenvalue weighted by molar-refractivity contribution is -0.144. The summed E-state index contributed by atoms with van der Waals surface area (Å²) in [5.41, 5.74) is 7.64. The monoisotopic (exact) mass is 309 g/mol. The molecule has 0 aliphatic heterocycles. The molecule has 0 atom stereocenters. The molecular weight excluding hydrogens is 286 g/mol. The van der Waals surface area contributed by atoms with Crippen LogP contribution in [0.15, 0.2) is 18.2 Å². The van der Waals surface area contributed by atoms with Crippen LogP contribution in [-0.2, 0) is 19.1 Å². The number of nitrogens with two attached hydrogens (primary N) is 1. The van der Waals surface area contributed by atoms with Crippen LogP contribution in [-0.4, -0.2) is 57.2 Å². The van der Waals surface area contributed by atoms with Gasteiger partial charge in [0.05, 0.1) is 24.6 Å². The van der Waals surface area contributed by atoms with Crippen LogP contribution in [0.5, 0.6) is 0 Å². The highest BCUT2D eigenvalue weighted by Crippen LogP contribution is 2.19. The van der Waals surface area contributed by atoms with E-state index in [-0.39, 0.29) is 0 Å². The summed E-state index contributed by atoms with van der Waals surface area (Å²) in [6.07, 6.45) is 0. The number of ether oxygens (including phenoxy) is 2. The maximum absolute atomic E-state index is 12.2. The van der Waals surface area contributed by atoms with Crippen molar-refractivity contribution in [3.8, 4) is 0 Å². The van der Waals surface area contributed by atoms with Crippen molar-refractivity contribution >= 4 is 23.2 Å². The van der Waals surface area contributed by atoms with Gasteiger partial charge in [-0.25, -0.2) is 0 Å². The first-order chi connectivity index (χ1) is 10.5. The lowest BCUT2D eigenvalue weighted by atomic mass is 10.2. The largest absolute Gasteiger partial charge is 0.397 e. The normalized spacial score (nSPS) is 10.3. The molecule has 0 fully saturated rings. The van der Waals surface area contributed by atoms with E-state index in [2.05, 4.69) is 5.32 Å². The van der Waals surface area contributed by atoms with Crippen LogP contribution >= 0.6 is 0 Å². The number of amides is 2. The van der Waals surface area contributed by atoms with Crippen molar-refractivity contribution < 1.29 is 19.1 Å². The molecule has 0 spiro atoms. The van der Waals surface area contributed by atoms with Crippen LogP contribution in [0.25, 0.3) is 0 Å². The summed E-state index contributed by atoms with van der Waals surface area (Å²) < 4.78 is 9.89. The molecule has 0 saturated heterocycles. The minimum atomic E-state index is -0.734. The van der Waals surface area contributed by atoms with Gasteiger partial charge in [-0.05, 0) is 24.6 Å². The summed E-state index contributed by atoms with van der Waals surface area (Å²) in [7, 11) is 3.07. The first-order valence-corrected chi connectivity index (χ1v) is 6.93. The van der Waals surface area contributed by atoms with Crippen molar-refractivity contribution in [3.05, 3.63) is 23.8 Å². The Morgan fingerprint density at radius 1 is 1.18 bits per heavy atom. The van der Waals surface area contributed by atoms with Crippen molar-refractivity contribution in [2.75, 3.05) is 51.6 Å². The number of carbonyl (C=O) groups excluding carboxylic acids is 2. The van der Waals surface area contributed by atoms with Gasteiger partial charge in [-0.1, -0.05) is 6.07 Å². The molecule has 0 aromatic heterocycles. The highest BCUT2D eigenvalue weighted by Gasteiger charge is 2.22. The first-order valence-electron chi connectivity index (χ1n) is 6.93. The number of carbonyl (C=O) groups is 2. The SMILES string of the molecule is COCCN(CCOC)C(=O)C(=O)Nc1ccc(C)cc1N. The first kappa shape index (κ1) is 17.9. The highest BCUT2D eigenvalue weighted by atomic mass is 16.5. The van der Waals surface area contributed by atoms with Crippen LogP contribution in [0.4, 0.5) is 11.4 Å². The van der Waals surface area contributed by atoms with Crippen molar-refractivity contribution in [2.24, 2.45) is 0 Å². The number of methoxy groups -OCH3 is 2. The van der Waals surface area contributed by atoms with Crippen LogP contribution in [0.1, 0.15) is 5.56 Å². The van der Waals surface area contributed by atoms with Gasteiger partial charge in [0.1, 0.15) is 0 Å². The van der Waals surface area contributed by atoms with Gasteiger partial charge in [-0.15, -0.1) is 0 Å². The molecule has 3 N–H and O–H groups in total. The number of nitrogens with one attached hydrogen (secondary N) is 1. The summed E-state index contributed by atoms with van der Waals surface area (Å²) in [4.78, 5) is 25.7. The summed E-state index contributed by atoms with van der Waals surface area (Å²) in [5.74, 6) is -1.38. The van der Waals surface area contributed by atoms with E-state index < -0.39 is 11.8 Å². The number of hydrogen-bond acceptors (Lipinski definition) is 5. The lowest BCUT2D eigenvalue weighted by Gasteiger charge is -2.21. The van der Waals surface area contributed by atoms with E-state index in [1.54, 1.807) is 12.1 Å². The average Bonchev–Trinajstić information content (AvgIpc) is 2.49. The molecule has 1 aromatic rings. The molecule has 0 heterocycles. The Morgan fingerprint density at radius 2 is 1.77 bits per heavy atom. The van der Waals surface area contributed by atoms with Gasteiger partial charge >= 0.3 is 11.8 Å². The van der Waals surface area contributed by atoms with Gasteiger partial charge in [0, 0.05) is 27.3 Å². The zero-order chi connectivity index (χ0) is 16.5. The van der Waals surface area contributed by atoms with Crippen molar-refractivity contribution in [1.82, 2.24) is 4.90 Å². The third-order valence-corrected chi connectivity index (χ3v) is 3.07. The summed E-state index contributed by atoms with van der Waals surface area (Å²) >= 11 is 0. The Kier molecular flexibility index (Phi) is 7.34. The minimum Gasteiger partial charge on any atom is -0.397 e. The van der Waals surface area contributed by atoms with E-state index in [9.17, 15) is 9.59 Å². The predicted octanol–water partition coefficient (Wildman–Crippen LogP) is 0.637. The molecule has 22 heavy (non-hydrogen) atoms. The Balaban J connectivity index is 2.73. The molecule has 1 aromatic carbocycles. The number of anilines is 2. The fraction of sp³-hybridized carbons (Fsp3) is 0.467. The third-order valence-electron chi connectivity index (χ3n) is 3.07. The Morgan fingerprint density at radius 3 is 2.27 bits per heavy atom. The van der Waals surface area contributed by atoms with Crippen LogP contribution < -0.4 is 11.1 Å². The fourth-order valence-corrected chi connectivity index (χ4v) is 1.83. The summed E-state index contributed by atoms with van der Waals surface area (Å²) in [6.45, 7) is 3.21. The zero-order valence-corrected chi connectivity index (χ0v) is 13.2. The number of hydrogen-bond donors (Lipinski definition) is 2. The molecule has 1 rings (SSSR count). The summed E-state index contributed by atoms with van der Waals surface area (Å²) in [6, 6.07) is 5.21. The predicted molar refractivity (Wildman–Crippen MR) is 84.6 cm³/mol. The van der Waals surface area contributed by atoms with E-state index in [4.69, 9.17) is 15.2 Å². The van der Waals surface area contributed by atoms with Crippen LogP contribution in [0, 0.1) is 6.92 Å². The quantitative estimate of drug-likeness (QED) is 0.569. The Labute approximate surface area is 130 Å². The molecule has 0 aliphatic carbocycles. The molecule has 2 amide bonds. The van der Waals surface area contributed by atoms with Crippen LogP contribution in [0.2, 0.25) is 0 Å². The second-order valence-corrected chi connectivity index (χ2v) is 4.82. The van der Waals surface area contributed by atoms with E-state index >= 15 is 0 Å². The van der Waals surface area contributed by atoms with Crippen molar-refractivity contribution in [1.29, 1.82) is 0 Å². The third kappa shape index (κ3) is 5.34. The molecule has 0 bridgehead atoms. The maximum Gasteiger partial charge on any atom is 0.313 e. The molecule has 0 saturated carbocycles. The smallest absolute Gasteiger partial charge is 0.313 e. The molecule has 0 aliphatic rings. The number of rotatable bonds is 7. The molecule has 7 heteroatoms. The Hall–Kier alpha value is -2.12. The zero-order valence-electron chi connectivity index (χ0n) is 13.2. The molecule has 122 valence electrons. The number of benzene rings is 1. The van der Waals surface area contributed by atoms with Gasteiger partial charge in [-0.2, -0.15) is 0 Å². The van der Waals surface area contributed by atoms with Gasteiger partial charge in [0.2, 0.25) is 0 Å². The average molecular weight is 309 g/mol. The van der Waals surface area contributed by atoms with Crippen LogP contribution in [0.3, 0.4) is 0 Å².